The fraction of sp³-hybridized carbons (Fsp3) is 0.528. The molecule has 1 fully saturated rings. The molecule has 1 aliphatic heterocycles. The Morgan fingerprint density at radius 2 is 1.73 bits per heavy atom. The summed E-state index contributed by atoms with van der Waals surface area (Å²) >= 11 is 0. The van der Waals surface area contributed by atoms with Crippen molar-refractivity contribution >= 4 is 35.9 Å². The molecule has 1 aromatic heterocycles. The summed E-state index contributed by atoms with van der Waals surface area (Å²) in [7, 11) is 0. The average Bonchev–Trinajstić information content (AvgIpc) is 3.70. The zero-order chi connectivity index (χ0) is 37.6. The zero-order valence-electron chi connectivity index (χ0n) is 30.1. The van der Waals surface area contributed by atoms with E-state index in [2.05, 4.69) is 26.3 Å². The standard InChI is InChI=1S/C36H50N6O9/c1-7-49-30(43)14-13-26(18-25-15-16-37-31(25)44)39-32(45)28(17-23(2)3)40-33(46)29(41-34(47)50-21-24-11-9-8-10-12-24)19-27-20-42(22-38-27)35(48)51-36(4,5)6/h8-14,20,22-23,25-26,28-29H,7,15-19,21H2,1-6H3,(H,37,44)(H,39,45)(H,40,46)(H,41,47)/t25-,26+,28-,29-/m0/s1. The number of carbonyl (C=O) groups is 6. The van der Waals surface area contributed by atoms with Crippen molar-refractivity contribution in [2.45, 2.75) is 97.6 Å². The monoisotopic (exact) mass is 710 g/mol. The highest BCUT2D eigenvalue weighted by molar-refractivity contribution is 5.92. The van der Waals surface area contributed by atoms with Crippen molar-refractivity contribution < 1.29 is 43.0 Å². The van der Waals surface area contributed by atoms with Crippen LogP contribution in [0.1, 0.15) is 72.1 Å². The summed E-state index contributed by atoms with van der Waals surface area (Å²) in [5.74, 6) is -2.41. The van der Waals surface area contributed by atoms with Gasteiger partial charge >= 0.3 is 18.2 Å². The highest BCUT2D eigenvalue weighted by Crippen LogP contribution is 2.18. The molecule has 15 nitrogen and oxygen atoms in total. The number of ether oxygens (including phenoxy) is 3. The molecule has 1 aromatic carbocycles. The Hall–Kier alpha value is -5.21. The third-order valence-electron chi connectivity index (χ3n) is 7.60. The summed E-state index contributed by atoms with van der Waals surface area (Å²) in [6.07, 6.45) is 4.64. The minimum atomic E-state index is -1.26. The van der Waals surface area contributed by atoms with E-state index in [0.717, 1.165) is 10.1 Å². The van der Waals surface area contributed by atoms with Crippen LogP contribution >= 0.6 is 0 Å². The molecule has 51 heavy (non-hydrogen) atoms. The maximum absolute atomic E-state index is 13.9. The first-order valence-corrected chi connectivity index (χ1v) is 17.1. The Labute approximate surface area is 298 Å². The van der Waals surface area contributed by atoms with Crippen molar-refractivity contribution in [3.05, 3.63) is 66.3 Å². The molecular weight excluding hydrogens is 660 g/mol. The molecule has 2 heterocycles. The van der Waals surface area contributed by atoms with Crippen LogP contribution in [-0.4, -0.2) is 82.3 Å². The number of hydrogen-bond donors (Lipinski definition) is 4. The molecular formula is C36H50N6O9. The summed E-state index contributed by atoms with van der Waals surface area (Å²) < 4.78 is 16.9. The lowest BCUT2D eigenvalue weighted by atomic mass is 9.96. The third kappa shape index (κ3) is 14.3. The topological polar surface area (TPSA) is 196 Å². The van der Waals surface area contributed by atoms with E-state index < -0.39 is 53.7 Å². The Kier molecular flexibility index (Phi) is 15.2. The first-order valence-electron chi connectivity index (χ1n) is 17.1. The number of amides is 4. The van der Waals surface area contributed by atoms with Crippen LogP contribution in [0, 0.1) is 11.8 Å². The minimum absolute atomic E-state index is 0.0399. The van der Waals surface area contributed by atoms with Gasteiger partial charge in [-0.2, -0.15) is 0 Å². The van der Waals surface area contributed by atoms with Gasteiger partial charge in [0.25, 0.3) is 0 Å². The van der Waals surface area contributed by atoms with E-state index >= 15 is 0 Å². The highest BCUT2D eigenvalue weighted by atomic mass is 16.6. The molecule has 0 aliphatic carbocycles. The van der Waals surface area contributed by atoms with Gasteiger partial charge in [0.2, 0.25) is 17.7 Å². The number of aromatic nitrogens is 2. The minimum Gasteiger partial charge on any atom is -0.463 e. The molecule has 0 saturated carbocycles. The fourth-order valence-electron chi connectivity index (χ4n) is 5.21. The molecule has 3 rings (SSSR count). The van der Waals surface area contributed by atoms with Crippen LogP contribution in [-0.2, 0) is 46.4 Å². The van der Waals surface area contributed by atoms with E-state index in [1.54, 1.807) is 52.0 Å². The van der Waals surface area contributed by atoms with E-state index in [0.29, 0.717) is 13.0 Å². The average molecular weight is 711 g/mol. The number of rotatable bonds is 16. The van der Waals surface area contributed by atoms with Gasteiger partial charge < -0.3 is 35.5 Å². The number of hydrogen-bond acceptors (Lipinski definition) is 10. The Morgan fingerprint density at radius 3 is 2.35 bits per heavy atom. The number of imidazole rings is 1. The van der Waals surface area contributed by atoms with Crippen molar-refractivity contribution in [3.8, 4) is 0 Å². The number of benzene rings is 1. The summed E-state index contributed by atoms with van der Waals surface area (Å²) in [4.78, 5) is 81.7. The van der Waals surface area contributed by atoms with E-state index in [1.807, 2.05) is 19.9 Å². The lowest BCUT2D eigenvalue weighted by Crippen LogP contribution is -2.55. The Bertz CT molecular complexity index is 1530. The van der Waals surface area contributed by atoms with Crippen molar-refractivity contribution in [1.29, 1.82) is 0 Å². The van der Waals surface area contributed by atoms with Crippen LogP contribution in [0.4, 0.5) is 9.59 Å². The van der Waals surface area contributed by atoms with E-state index in [1.165, 1.54) is 24.7 Å². The van der Waals surface area contributed by atoms with Crippen LogP contribution < -0.4 is 21.3 Å². The van der Waals surface area contributed by atoms with Crippen molar-refractivity contribution in [1.82, 2.24) is 30.8 Å². The number of nitrogens with zero attached hydrogens (tertiary/aromatic N) is 2. The van der Waals surface area contributed by atoms with Gasteiger partial charge in [0.05, 0.1) is 12.3 Å². The molecule has 1 saturated heterocycles. The van der Waals surface area contributed by atoms with Crippen LogP contribution in [0.2, 0.25) is 0 Å². The third-order valence-corrected chi connectivity index (χ3v) is 7.60. The SMILES string of the molecule is CCOC(=O)C=C[C@H](C[C@@H]1CCNC1=O)NC(=O)[C@H](CC(C)C)NC(=O)[C@H](Cc1cn(C(=O)OC(C)(C)C)cn1)NC(=O)OCc1ccccc1. The zero-order valence-corrected chi connectivity index (χ0v) is 30.1. The van der Waals surface area contributed by atoms with E-state index in [-0.39, 0.29) is 55.9 Å². The first-order chi connectivity index (χ1) is 24.1. The van der Waals surface area contributed by atoms with E-state index in [4.69, 9.17) is 14.2 Å². The van der Waals surface area contributed by atoms with Gasteiger partial charge in [0.1, 0.15) is 30.6 Å². The molecule has 4 amide bonds. The van der Waals surface area contributed by atoms with Gasteiger partial charge in [0.15, 0.2) is 0 Å². The van der Waals surface area contributed by atoms with Gasteiger partial charge in [-0.05, 0) is 58.4 Å². The predicted molar refractivity (Wildman–Crippen MR) is 186 cm³/mol. The molecule has 0 unspecified atom stereocenters. The first kappa shape index (κ1) is 40.2. The van der Waals surface area contributed by atoms with Crippen molar-refractivity contribution in [2.24, 2.45) is 11.8 Å². The van der Waals surface area contributed by atoms with E-state index in [9.17, 15) is 28.8 Å². The van der Waals surface area contributed by atoms with Crippen LogP contribution in [0.15, 0.2) is 55.0 Å². The Morgan fingerprint density at radius 1 is 1.02 bits per heavy atom. The summed E-state index contributed by atoms with van der Waals surface area (Å²) in [6, 6.07) is 5.95. The Balaban J connectivity index is 1.81. The summed E-state index contributed by atoms with van der Waals surface area (Å²) in [5.41, 5.74) is 0.269. The summed E-state index contributed by atoms with van der Waals surface area (Å²) in [6.45, 7) is 11.2. The number of alkyl carbamates (subject to hydrolysis) is 1. The molecule has 0 bridgehead atoms. The van der Waals surface area contributed by atoms with Gasteiger partial charge in [-0.25, -0.2) is 23.9 Å². The van der Waals surface area contributed by atoms with Gasteiger partial charge in [-0.15, -0.1) is 0 Å². The predicted octanol–water partition coefficient (Wildman–Crippen LogP) is 3.17. The van der Waals surface area contributed by atoms with Crippen LogP contribution in [0.5, 0.6) is 0 Å². The number of carbonyl (C=O) groups excluding carboxylic acids is 6. The second kappa shape index (κ2) is 19.3. The molecule has 2 aromatic rings. The number of nitrogens with one attached hydrogen (secondary N) is 4. The van der Waals surface area contributed by atoms with Gasteiger partial charge in [0, 0.05) is 37.2 Å². The van der Waals surface area contributed by atoms with Crippen LogP contribution in [0.3, 0.4) is 0 Å². The maximum atomic E-state index is 13.9. The summed E-state index contributed by atoms with van der Waals surface area (Å²) in [5, 5.41) is 11.0. The molecule has 278 valence electrons. The second-order valence-electron chi connectivity index (χ2n) is 13.6. The van der Waals surface area contributed by atoms with Gasteiger partial charge in [-0.1, -0.05) is 50.3 Å². The normalized spacial score (nSPS) is 16.1. The van der Waals surface area contributed by atoms with Gasteiger partial charge in [-0.3, -0.25) is 14.4 Å². The molecule has 15 heteroatoms. The molecule has 4 N–H and O–H groups in total. The van der Waals surface area contributed by atoms with Crippen LogP contribution in [0.25, 0.3) is 0 Å². The largest absolute Gasteiger partial charge is 0.463 e. The van der Waals surface area contributed by atoms with Crippen molar-refractivity contribution in [2.75, 3.05) is 13.2 Å². The smallest absolute Gasteiger partial charge is 0.419 e. The molecule has 0 spiro atoms. The number of esters is 1. The molecule has 1 aliphatic rings. The lowest BCUT2D eigenvalue weighted by molar-refractivity contribution is -0.137. The quantitative estimate of drug-likeness (QED) is 0.114. The highest BCUT2D eigenvalue weighted by Gasteiger charge is 2.32. The van der Waals surface area contributed by atoms with Crippen molar-refractivity contribution in [3.63, 3.8) is 0 Å². The second-order valence-corrected chi connectivity index (χ2v) is 13.6. The lowest BCUT2D eigenvalue weighted by Gasteiger charge is -2.26. The molecule has 4 atom stereocenters. The fourth-order valence-corrected chi connectivity index (χ4v) is 5.21. The maximum Gasteiger partial charge on any atom is 0.419 e. The molecule has 0 radical (unpaired) electrons.